The Hall–Kier alpha value is -3.07. The molecule has 1 aliphatic rings. The Bertz CT molecular complexity index is 775. The number of carbonyl (C=O) groups is 5. The molecule has 1 saturated heterocycles. The van der Waals surface area contributed by atoms with Crippen LogP contribution < -0.4 is 27.8 Å². The molecule has 10 N–H and O–H groups in total. The molecule has 0 aromatic carbocycles. The lowest BCUT2D eigenvalue weighted by molar-refractivity contribution is -0.149. The van der Waals surface area contributed by atoms with E-state index in [1.54, 1.807) is 0 Å². The van der Waals surface area contributed by atoms with Gasteiger partial charge in [-0.1, -0.05) is 0 Å². The molecule has 0 radical (unpaired) electrons. The van der Waals surface area contributed by atoms with Crippen LogP contribution in [0.4, 0.5) is 0 Å². The quantitative estimate of drug-likeness (QED) is 0.0557. The minimum Gasteiger partial charge on any atom is -0.481 e. The van der Waals surface area contributed by atoms with Crippen LogP contribution in [0.1, 0.15) is 32.1 Å². The van der Waals surface area contributed by atoms with Crippen LogP contribution in [0.2, 0.25) is 0 Å². The third-order valence-electron chi connectivity index (χ3n) is 4.93. The second kappa shape index (κ2) is 13.5. The number of rotatable bonds is 13. The highest BCUT2D eigenvalue weighted by Crippen LogP contribution is 2.19. The van der Waals surface area contributed by atoms with Crippen molar-refractivity contribution in [2.24, 2.45) is 22.2 Å². The number of carbonyl (C=O) groups excluding carboxylic acids is 3. The normalized spacial score (nSPS) is 18.0. The molecule has 1 aliphatic heterocycles. The second-order valence-corrected chi connectivity index (χ2v) is 7.85. The van der Waals surface area contributed by atoms with Crippen LogP contribution in [0.15, 0.2) is 4.99 Å². The van der Waals surface area contributed by atoms with Crippen molar-refractivity contribution in [3.05, 3.63) is 0 Å². The Balaban J connectivity index is 2.92. The fraction of sp³-hybridized carbons (Fsp3) is 0.667. The number of hydrogen-bond donors (Lipinski definition) is 8. The molecule has 186 valence electrons. The predicted molar refractivity (Wildman–Crippen MR) is 120 cm³/mol. The molecule has 15 heteroatoms. The van der Waals surface area contributed by atoms with Crippen LogP contribution in [0.25, 0.3) is 0 Å². The van der Waals surface area contributed by atoms with Gasteiger partial charge in [-0.3, -0.25) is 24.2 Å². The summed E-state index contributed by atoms with van der Waals surface area (Å²) in [6.07, 6.45) is 0.586. The molecular formula is C18H31N7O7S. The van der Waals surface area contributed by atoms with Crippen molar-refractivity contribution < 1.29 is 34.2 Å². The van der Waals surface area contributed by atoms with E-state index >= 15 is 0 Å². The number of likely N-dealkylation sites (tertiary alicyclic amines) is 1. The summed E-state index contributed by atoms with van der Waals surface area (Å²) in [4.78, 5) is 65.1. The van der Waals surface area contributed by atoms with E-state index in [-0.39, 0.29) is 31.2 Å². The molecule has 1 heterocycles. The van der Waals surface area contributed by atoms with E-state index in [0.29, 0.717) is 19.3 Å². The van der Waals surface area contributed by atoms with Crippen molar-refractivity contribution in [3.63, 3.8) is 0 Å². The Kier molecular flexibility index (Phi) is 11.4. The van der Waals surface area contributed by atoms with Crippen LogP contribution in [-0.4, -0.2) is 93.7 Å². The van der Waals surface area contributed by atoms with Gasteiger partial charge in [0.05, 0.1) is 12.5 Å². The SMILES string of the molecule is NC(N)=NCCCC(NC(=O)C(CS)NC(=O)C(N)CC(=O)O)C(=O)N1CCCC1C(=O)O. The maximum Gasteiger partial charge on any atom is 0.326 e. The van der Waals surface area contributed by atoms with Gasteiger partial charge in [-0.2, -0.15) is 12.6 Å². The molecule has 0 aliphatic carbocycles. The maximum absolute atomic E-state index is 13.1. The molecular weight excluding hydrogens is 458 g/mol. The van der Waals surface area contributed by atoms with Crippen LogP contribution in [-0.2, 0) is 24.0 Å². The summed E-state index contributed by atoms with van der Waals surface area (Å²) >= 11 is 4.03. The summed E-state index contributed by atoms with van der Waals surface area (Å²) < 4.78 is 0. The zero-order valence-electron chi connectivity index (χ0n) is 18.0. The van der Waals surface area contributed by atoms with Crippen LogP contribution >= 0.6 is 12.6 Å². The van der Waals surface area contributed by atoms with Gasteiger partial charge in [0.1, 0.15) is 18.1 Å². The van der Waals surface area contributed by atoms with E-state index in [1.165, 1.54) is 4.90 Å². The lowest BCUT2D eigenvalue weighted by Crippen LogP contribution is -2.57. The minimum atomic E-state index is -1.38. The number of nitrogens with one attached hydrogen (secondary N) is 2. The largest absolute Gasteiger partial charge is 0.481 e. The first-order chi connectivity index (χ1) is 15.5. The Morgan fingerprint density at radius 2 is 1.73 bits per heavy atom. The molecule has 0 bridgehead atoms. The standard InChI is InChI=1S/C18H31N7O7S/c19-9(7-13(26)27)14(28)24-11(8-33)15(29)23-10(3-1-5-22-18(20)21)16(30)25-6-2-4-12(25)17(31)32/h9-12,33H,1-8,19H2,(H,23,29)(H,24,28)(H,26,27)(H,31,32)(H4,20,21,22). The van der Waals surface area contributed by atoms with Gasteiger partial charge in [0.15, 0.2) is 5.96 Å². The van der Waals surface area contributed by atoms with E-state index in [0.717, 1.165) is 0 Å². The number of aliphatic imine (C=N–C) groups is 1. The molecule has 0 aromatic heterocycles. The molecule has 14 nitrogen and oxygen atoms in total. The van der Waals surface area contributed by atoms with Gasteiger partial charge in [-0.05, 0) is 25.7 Å². The molecule has 4 unspecified atom stereocenters. The highest BCUT2D eigenvalue weighted by atomic mass is 32.1. The van der Waals surface area contributed by atoms with E-state index in [1.807, 2.05) is 0 Å². The molecule has 1 rings (SSSR count). The van der Waals surface area contributed by atoms with Crippen molar-refractivity contribution in [1.82, 2.24) is 15.5 Å². The van der Waals surface area contributed by atoms with Crippen molar-refractivity contribution in [1.29, 1.82) is 0 Å². The molecule has 33 heavy (non-hydrogen) atoms. The summed E-state index contributed by atoms with van der Waals surface area (Å²) in [7, 11) is 0. The summed E-state index contributed by atoms with van der Waals surface area (Å²) in [5, 5.41) is 23.0. The number of hydrogen-bond acceptors (Lipinski definition) is 8. The summed E-state index contributed by atoms with van der Waals surface area (Å²) in [6.45, 7) is 0.411. The van der Waals surface area contributed by atoms with Gasteiger partial charge >= 0.3 is 11.9 Å². The van der Waals surface area contributed by atoms with Gasteiger partial charge in [-0.25, -0.2) is 4.79 Å². The van der Waals surface area contributed by atoms with Gasteiger partial charge in [0, 0.05) is 18.8 Å². The lowest BCUT2D eigenvalue weighted by Gasteiger charge is -2.28. The average Bonchev–Trinajstić information content (AvgIpc) is 3.22. The molecule has 0 aromatic rings. The third kappa shape index (κ3) is 9.13. The number of nitrogens with two attached hydrogens (primary N) is 3. The Morgan fingerprint density at radius 3 is 2.27 bits per heavy atom. The topological polar surface area (TPSA) is 244 Å². The zero-order chi connectivity index (χ0) is 25.1. The molecule has 0 saturated carbocycles. The van der Waals surface area contributed by atoms with Gasteiger partial charge in [0.2, 0.25) is 17.7 Å². The van der Waals surface area contributed by atoms with Crippen molar-refractivity contribution in [3.8, 4) is 0 Å². The molecule has 0 spiro atoms. The number of carboxylic acid groups (broad SMARTS) is 2. The van der Waals surface area contributed by atoms with E-state index in [4.69, 9.17) is 22.3 Å². The summed E-state index contributed by atoms with van der Waals surface area (Å²) in [5.41, 5.74) is 16.1. The first-order valence-corrected chi connectivity index (χ1v) is 10.9. The van der Waals surface area contributed by atoms with Gasteiger partial charge in [0.25, 0.3) is 0 Å². The fourth-order valence-corrected chi connectivity index (χ4v) is 3.53. The number of guanidine groups is 1. The summed E-state index contributed by atoms with van der Waals surface area (Å²) in [6, 6.07) is -4.68. The molecule has 3 amide bonds. The Labute approximate surface area is 195 Å². The van der Waals surface area contributed by atoms with E-state index in [2.05, 4.69) is 28.3 Å². The van der Waals surface area contributed by atoms with Crippen molar-refractivity contribution in [2.75, 3.05) is 18.8 Å². The minimum absolute atomic E-state index is 0.107. The number of aliphatic carboxylic acids is 2. The maximum atomic E-state index is 13.1. The van der Waals surface area contributed by atoms with E-state index in [9.17, 15) is 29.1 Å². The first kappa shape index (κ1) is 28.0. The van der Waals surface area contributed by atoms with Crippen molar-refractivity contribution in [2.45, 2.75) is 56.3 Å². The van der Waals surface area contributed by atoms with Crippen LogP contribution in [0.3, 0.4) is 0 Å². The fourth-order valence-electron chi connectivity index (χ4n) is 3.27. The molecule has 1 fully saturated rings. The zero-order valence-corrected chi connectivity index (χ0v) is 18.9. The monoisotopic (exact) mass is 489 g/mol. The third-order valence-corrected chi connectivity index (χ3v) is 5.29. The summed E-state index contributed by atoms with van der Waals surface area (Å²) in [5.74, 6) is -4.92. The number of amides is 3. The average molecular weight is 490 g/mol. The first-order valence-electron chi connectivity index (χ1n) is 10.3. The lowest BCUT2D eigenvalue weighted by atomic mass is 10.1. The highest BCUT2D eigenvalue weighted by molar-refractivity contribution is 7.80. The van der Waals surface area contributed by atoms with Gasteiger partial charge < -0.3 is 42.9 Å². The number of nitrogens with zero attached hydrogens (tertiary/aromatic N) is 2. The van der Waals surface area contributed by atoms with Crippen molar-refractivity contribution >= 4 is 48.2 Å². The van der Waals surface area contributed by atoms with Crippen LogP contribution in [0.5, 0.6) is 0 Å². The second-order valence-electron chi connectivity index (χ2n) is 7.49. The molecule has 4 atom stereocenters. The Morgan fingerprint density at radius 1 is 1.09 bits per heavy atom. The van der Waals surface area contributed by atoms with E-state index < -0.39 is 60.2 Å². The predicted octanol–water partition coefficient (Wildman–Crippen LogP) is -3.18. The smallest absolute Gasteiger partial charge is 0.326 e. The highest BCUT2D eigenvalue weighted by Gasteiger charge is 2.38. The van der Waals surface area contributed by atoms with Gasteiger partial charge in [-0.15, -0.1) is 0 Å². The number of carboxylic acids is 2. The number of thiol groups is 1. The van der Waals surface area contributed by atoms with Crippen LogP contribution in [0, 0.1) is 0 Å².